The fourth-order valence-electron chi connectivity index (χ4n) is 4.37. The maximum atomic E-state index is 13.5. The zero-order chi connectivity index (χ0) is 23.5. The number of hydrogen-bond donors (Lipinski definition) is 1. The topological polar surface area (TPSA) is 60.3 Å². The molecule has 0 spiro atoms. The fraction of sp³-hybridized carbons (Fsp3) is 0.185. The van der Waals surface area contributed by atoms with Crippen LogP contribution in [0, 0.1) is 5.92 Å². The number of benzene rings is 3. The number of hydrogen-bond acceptors (Lipinski definition) is 5. The van der Waals surface area contributed by atoms with Gasteiger partial charge in [-0.05, 0) is 23.8 Å². The molecule has 4 aromatic rings. The van der Waals surface area contributed by atoms with Crippen molar-refractivity contribution in [1.82, 2.24) is 4.57 Å². The van der Waals surface area contributed by atoms with Gasteiger partial charge in [-0.15, -0.1) is 11.8 Å². The summed E-state index contributed by atoms with van der Waals surface area (Å²) in [5.74, 6) is 0.608. The van der Waals surface area contributed by atoms with Gasteiger partial charge in [-0.25, -0.2) is 0 Å². The van der Waals surface area contributed by atoms with Gasteiger partial charge in [0.25, 0.3) is 0 Å². The summed E-state index contributed by atoms with van der Waals surface area (Å²) in [6.45, 7) is 0.512. The minimum atomic E-state index is -0.350. The molecule has 1 N–H and O–H groups in total. The van der Waals surface area contributed by atoms with Gasteiger partial charge in [-0.3, -0.25) is 14.2 Å². The van der Waals surface area contributed by atoms with E-state index in [4.69, 9.17) is 4.74 Å². The highest BCUT2D eigenvalue weighted by Crippen LogP contribution is 2.48. The van der Waals surface area contributed by atoms with E-state index in [0.29, 0.717) is 12.3 Å². The number of para-hydroxylation sites is 2. The van der Waals surface area contributed by atoms with Crippen molar-refractivity contribution >= 4 is 34.7 Å². The van der Waals surface area contributed by atoms with Crippen molar-refractivity contribution in [3.8, 4) is 5.75 Å². The minimum absolute atomic E-state index is 0.00892. The van der Waals surface area contributed by atoms with Gasteiger partial charge in [0.1, 0.15) is 5.75 Å². The van der Waals surface area contributed by atoms with E-state index in [1.165, 1.54) is 11.3 Å². The molecule has 1 aromatic heterocycles. The Balaban J connectivity index is 1.58. The van der Waals surface area contributed by atoms with Crippen LogP contribution in [-0.2, 0) is 11.3 Å². The van der Waals surface area contributed by atoms with Crippen molar-refractivity contribution in [1.29, 1.82) is 0 Å². The van der Waals surface area contributed by atoms with Crippen molar-refractivity contribution in [2.45, 2.75) is 17.5 Å². The lowest BCUT2D eigenvalue weighted by Gasteiger charge is -2.31. The summed E-state index contributed by atoms with van der Waals surface area (Å²) in [4.78, 5) is 27.6. The Morgan fingerprint density at radius 3 is 2.41 bits per heavy atom. The Bertz CT molecular complexity index is 1350. The van der Waals surface area contributed by atoms with E-state index in [0.717, 1.165) is 32.5 Å². The predicted molar refractivity (Wildman–Crippen MR) is 138 cm³/mol. The van der Waals surface area contributed by atoms with Gasteiger partial charge in [-0.2, -0.15) is 0 Å². The van der Waals surface area contributed by atoms with E-state index < -0.39 is 0 Å². The SMILES string of the molecule is COc1ccccc1C1c2sc(=O)n(Cc3ccccc3)c2SCC1C(=O)Nc1ccccc1. The van der Waals surface area contributed by atoms with Gasteiger partial charge in [0.05, 0.1) is 24.6 Å². The molecule has 5 nitrogen and oxygen atoms in total. The lowest BCUT2D eigenvalue weighted by molar-refractivity contribution is -0.119. The van der Waals surface area contributed by atoms with Crippen LogP contribution in [0.4, 0.5) is 5.69 Å². The van der Waals surface area contributed by atoms with E-state index in [9.17, 15) is 9.59 Å². The Morgan fingerprint density at radius 2 is 1.68 bits per heavy atom. The smallest absolute Gasteiger partial charge is 0.308 e. The second kappa shape index (κ2) is 9.91. The Labute approximate surface area is 206 Å². The van der Waals surface area contributed by atoms with Gasteiger partial charge < -0.3 is 10.1 Å². The van der Waals surface area contributed by atoms with Crippen LogP contribution in [0.3, 0.4) is 0 Å². The van der Waals surface area contributed by atoms with Crippen LogP contribution in [0.5, 0.6) is 5.75 Å². The first kappa shape index (κ1) is 22.5. The molecule has 2 unspecified atom stereocenters. The second-order valence-electron chi connectivity index (χ2n) is 8.10. The lowest BCUT2D eigenvalue weighted by Crippen LogP contribution is -2.33. The number of nitrogens with zero attached hydrogens (tertiary/aromatic N) is 1. The number of nitrogens with one attached hydrogen (secondary N) is 1. The van der Waals surface area contributed by atoms with E-state index >= 15 is 0 Å². The van der Waals surface area contributed by atoms with Gasteiger partial charge in [-0.1, -0.05) is 78.1 Å². The molecule has 2 atom stereocenters. The molecule has 0 saturated carbocycles. The summed E-state index contributed by atoms with van der Waals surface area (Å²) >= 11 is 2.82. The highest BCUT2D eigenvalue weighted by Gasteiger charge is 2.40. The number of methoxy groups -OCH3 is 1. The minimum Gasteiger partial charge on any atom is -0.496 e. The first-order valence-electron chi connectivity index (χ1n) is 11.0. The van der Waals surface area contributed by atoms with Crippen LogP contribution >= 0.6 is 23.1 Å². The third-order valence-corrected chi connectivity index (χ3v) is 8.42. The molecule has 34 heavy (non-hydrogen) atoms. The van der Waals surface area contributed by atoms with Gasteiger partial charge in [0.15, 0.2) is 0 Å². The van der Waals surface area contributed by atoms with Crippen LogP contribution in [0.1, 0.15) is 21.9 Å². The van der Waals surface area contributed by atoms with E-state index in [1.54, 1.807) is 18.9 Å². The van der Waals surface area contributed by atoms with Crippen LogP contribution in [-0.4, -0.2) is 23.3 Å². The number of carbonyl (C=O) groups is 1. The Hall–Kier alpha value is -3.29. The van der Waals surface area contributed by atoms with Crippen molar-refractivity contribution < 1.29 is 9.53 Å². The molecule has 1 aliphatic heterocycles. The molecule has 0 fully saturated rings. The molecule has 2 heterocycles. The van der Waals surface area contributed by atoms with Crippen LogP contribution in [0.2, 0.25) is 0 Å². The van der Waals surface area contributed by atoms with Crippen molar-refractivity contribution in [2.75, 3.05) is 18.2 Å². The average Bonchev–Trinajstić information content (AvgIpc) is 3.19. The molecular weight excluding hydrogens is 464 g/mol. The van der Waals surface area contributed by atoms with Gasteiger partial charge >= 0.3 is 4.87 Å². The molecule has 7 heteroatoms. The number of anilines is 1. The van der Waals surface area contributed by atoms with Crippen molar-refractivity contribution in [3.63, 3.8) is 0 Å². The highest BCUT2D eigenvalue weighted by atomic mass is 32.2. The van der Waals surface area contributed by atoms with Crippen LogP contribution in [0.15, 0.2) is 94.7 Å². The van der Waals surface area contributed by atoms with E-state index in [-0.39, 0.29) is 22.6 Å². The first-order chi connectivity index (χ1) is 16.7. The molecule has 0 bridgehead atoms. The van der Waals surface area contributed by atoms with Crippen molar-refractivity contribution in [3.05, 3.63) is 111 Å². The van der Waals surface area contributed by atoms with Gasteiger partial charge in [0.2, 0.25) is 5.91 Å². The number of thiazole rings is 1. The summed E-state index contributed by atoms with van der Waals surface area (Å²) in [5, 5.41) is 4.01. The van der Waals surface area contributed by atoms with Crippen molar-refractivity contribution in [2.24, 2.45) is 5.92 Å². The molecule has 1 aliphatic rings. The zero-order valence-electron chi connectivity index (χ0n) is 18.6. The Morgan fingerprint density at radius 1 is 1.00 bits per heavy atom. The lowest BCUT2D eigenvalue weighted by atomic mass is 9.84. The number of thioether (sulfide) groups is 1. The summed E-state index contributed by atoms with van der Waals surface area (Å²) < 4.78 is 7.51. The maximum absolute atomic E-state index is 13.5. The maximum Gasteiger partial charge on any atom is 0.308 e. The summed E-state index contributed by atoms with van der Waals surface area (Å²) in [5.41, 5.74) is 2.76. The molecule has 3 aromatic carbocycles. The third-order valence-electron chi connectivity index (χ3n) is 5.99. The van der Waals surface area contributed by atoms with Crippen LogP contribution in [0.25, 0.3) is 0 Å². The highest BCUT2D eigenvalue weighted by molar-refractivity contribution is 7.99. The van der Waals surface area contributed by atoms with E-state index in [1.807, 2.05) is 89.5 Å². The molecule has 0 radical (unpaired) electrons. The van der Waals surface area contributed by atoms with E-state index in [2.05, 4.69) is 5.32 Å². The molecule has 0 aliphatic carbocycles. The predicted octanol–water partition coefficient (Wildman–Crippen LogP) is 5.46. The van der Waals surface area contributed by atoms with Gasteiger partial charge in [0, 0.05) is 27.8 Å². The summed E-state index contributed by atoms with van der Waals surface area (Å²) in [6, 6.07) is 27.2. The molecule has 0 saturated heterocycles. The zero-order valence-corrected chi connectivity index (χ0v) is 20.3. The normalized spacial score (nSPS) is 17.1. The largest absolute Gasteiger partial charge is 0.496 e. The molecular formula is C27H24N2O3S2. The second-order valence-corrected chi connectivity index (χ2v) is 10.1. The van der Waals surface area contributed by atoms with Crippen LogP contribution < -0.4 is 14.9 Å². The third kappa shape index (κ3) is 4.41. The summed E-state index contributed by atoms with van der Waals surface area (Å²) in [6.07, 6.45) is 0. The number of aromatic nitrogens is 1. The number of amides is 1. The number of fused-ring (bicyclic) bond motifs is 1. The number of ether oxygens (including phenoxy) is 1. The standard InChI is InChI=1S/C27H24N2O3S2/c1-32-22-15-9-8-14-20(22)23-21(25(30)28-19-12-6-3-7-13-19)17-33-26-24(23)34-27(31)29(26)16-18-10-4-2-5-11-18/h2-15,21,23H,16-17H2,1H3,(H,28,30). The quantitative estimate of drug-likeness (QED) is 0.392. The molecule has 1 amide bonds. The molecule has 5 rings (SSSR count). The Kier molecular flexibility index (Phi) is 6.56. The summed E-state index contributed by atoms with van der Waals surface area (Å²) in [7, 11) is 1.64. The first-order valence-corrected chi connectivity index (χ1v) is 12.8. The number of carbonyl (C=O) groups excluding carboxylic acids is 1. The number of rotatable bonds is 6. The monoisotopic (exact) mass is 488 g/mol. The molecule has 172 valence electrons. The fourth-order valence-corrected chi connectivity index (χ4v) is 7.05. The average molecular weight is 489 g/mol.